The fourth-order valence-corrected chi connectivity index (χ4v) is 3.09. The van der Waals surface area contributed by atoms with E-state index in [1.54, 1.807) is 12.1 Å². The molecular formula is C18H19NO5S. The van der Waals surface area contributed by atoms with Gasteiger partial charge in [0.25, 0.3) is 5.91 Å². The van der Waals surface area contributed by atoms with E-state index in [0.717, 1.165) is 10.4 Å². The van der Waals surface area contributed by atoms with E-state index in [4.69, 9.17) is 4.74 Å². The zero-order valence-corrected chi connectivity index (χ0v) is 14.8. The Morgan fingerprint density at radius 2 is 1.84 bits per heavy atom. The summed E-state index contributed by atoms with van der Waals surface area (Å²) in [5.41, 5.74) is 1.24. The normalized spacial score (nSPS) is 11.4. The molecule has 0 saturated heterocycles. The van der Waals surface area contributed by atoms with Crippen molar-refractivity contribution in [3.05, 3.63) is 47.3 Å². The van der Waals surface area contributed by atoms with E-state index in [-0.39, 0.29) is 12.8 Å². The van der Waals surface area contributed by atoms with E-state index in [1.807, 2.05) is 29.6 Å². The van der Waals surface area contributed by atoms with Crippen LogP contribution in [0.25, 0.3) is 10.4 Å². The van der Waals surface area contributed by atoms with Crippen LogP contribution in [0.2, 0.25) is 0 Å². The van der Waals surface area contributed by atoms with Crippen LogP contribution in [0.5, 0.6) is 0 Å². The largest absolute Gasteiger partial charge is 0.469 e. The summed E-state index contributed by atoms with van der Waals surface area (Å²) in [5.74, 6) is -1.46. The summed E-state index contributed by atoms with van der Waals surface area (Å²) in [7, 11) is 2.50. The molecule has 6 nitrogen and oxygen atoms in total. The molecule has 1 aromatic carbocycles. The minimum Gasteiger partial charge on any atom is -0.469 e. The summed E-state index contributed by atoms with van der Waals surface area (Å²) < 4.78 is 9.28. The van der Waals surface area contributed by atoms with Crippen LogP contribution in [0.15, 0.2) is 41.8 Å². The minimum absolute atomic E-state index is 0.00309. The van der Waals surface area contributed by atoms with Gasteiger partial charge in [0, 0.05) is 22.4 Å². The zero-order valence-electron chi connectivity index (χ0n) is 14.0. The molecule has 0 aliphatic carbocycles. The Morgan fingerprint density at radius 3 is 2.48 bits per heavy atom. The molecule has 1 amide bonds. The topological polar surface area (TPSA) is 81.7 Å². The molecule has 0 spiro atoms. The predicted molar refractivity (Wildman–Crippen MR) is 94.3 cm³/mol. The molecular weight excluding hydrogens is 342 g/mol. The van der Waals surface area contributed by atoms with Gasteiger partial charge < -0.3 is 14.8 Å². The Labute approximate surface area is 149 Å². The Bertz CT molecular complexity index is 742. The first-order valence-electron chi connectivity index (χ1n) is 7.65. The second kappa shape index (κ2) is 8.98. The summed E-state index contributed by atoms with van der Waals surface area (Å²) in [6.07, 6.45) is 0.107. The van der Waals surface area contributed by atoms with Crippen LogP contribution in [0.1, 0.15) is 23.2 Å². The van der Waals surface area contributed by atoms with Gasteiger partial charge in [0.15, 0.2) is 0 Å². The molecule has 1 atom stereocenters. The fraction of sp³-hybridized carbons (Fsp3) is 0.278. The number of nitrogens with one attached hydrogen (secondary N) is 1. The van der Waals surface area contributed by atoms with Crippen molar-refractivity contribution in [2.45, 2.75) is 18.9 Å². The molecule has 2 rings (SSSR count). The maximum Gasteiger partial charge on any atom is 0.328 e. The van der Waals surface area contributed by atoms with E-state index in [9.17, 15) is 14.4 Å². The van der Waals surface area contributed by atoms with E-state index >= 15 is 0 Å². The lowest BCUT2D eigenvalue weighted by Gasteiger charge is -2.17. The van der Waals surface area contributed by atoms with E-state index in [2.05, 4.69) is 10.1 Å². The number of ether oxygens (including phenoxy) is 2. The van der Waals surface area contributed by atoms with Crippen molar-refractivity contribution in [2.24, 2.45) is 0 Å². The molecule has 0 aliphatic rings. The average molecular weight is 361 g/mol. The van der Waals surface area contributed by atoms with Crippen molar-refractivity contribution in [3.63, 3.8) is 0 Å². The second-order valence-electron chi connectivity index (χ2n) is 5.19. The molecule has 0 radical (unpaired) electrons. The fourth-order valence-electron chi connectivity index (χ4n) is 2.32. The van der Waals surface area contributed by atoms with Crippen LogP contribution in [0.3, 0.4) is 0 Å². The first-order valence-corrected chi connectivity index (χ1v) is 8.53. The molecule has 0 unspecified atom stereocenters. The van der Waals surface area contributed by atoms with E-state index in [1.165, 1.54) is 25.6 Å². The van der Waals surface area contributed by atoms with E-state index in [0.29, 0.717) is 5.56 Å². The van der Waals surface area contributed by atoms with Crippen molar-refractivity contribution in [3.8, 4) is 10.4 Å². The lowest BCUT2D eigenvalue weighted by atomic mass is 10.0. The summed E-state index contributed by atoms with van der Waals surface area (Å²) in [6.45, 7) is 0. The molecule has 1 N–H and O–H groups in total. The van der Waals surface area contributed by atoms with Gasteiger partial charge in [-0.3, -0.25) is 9.59 Å². The molecule has 0 saturated carbocycles. The Balaban J connectivity index is 2.18. The standard InChI is InChI=1S/C18H19NO5S/c1-23-16(20)10-9-14(18(22)24-2)19-17(21)13-7-4-3-6-12(13)15-8-5-11-25-15/h3-8,11,14H,9-10H2,1-2H3,(H,19,21)/t14-/m0/s1. The molecule has 2 aromatic rings. The third-order valence-electron chi connectivity index (χ3n) is 3.61. The zero-order chi connectivity index (χ0) is 18.2. The van der Waals surface area contributed by atoms with Crippen LogP contribution >= 0.6 is 11.3 Å². The van der Waals surface area contributed by atoms with Gasteiger partial charge in [-0.05, 0) is 23.9 Å². The predicted octanol–water partition coefficient (Wildman–Crippen LogP) is 2.64. The number of amides is 1. The average Bonchev–Trinajstić information content (AvgIpc) is 3.18. The van der Waals surface area contributed by atoms with Gasteiger partial charge in [-0.15, -0.1) is 11.3 Å². The second-order valence-corrected chi connectivity index (χ2v) is 6.13. The number of methoxy groups -OCH3 is 2. The first-order chi connectivity index (χ1) is 12.1. The summed E-state index contributed by atoms with van der Waals surface area (Å²) in [6, 6.07) is 10.1. The lowest BCUT2D eigenvalue weighted by molar-refractivity contribution is -0.144. The highest BCUT2D eigenvalue weighted by molar-refractivity contribution is 7.13. The van der Waals surface area contributed by atoms with Gasteiger partial charge in [-0.1, -0.05) is 24.3 Å². The van der Waals surface area contributed by atoms with E-state index < -0.39 is 23.9 Å². The highest BCUT2D eigenvalue weighted by Crippen LogP contribution is 2.28. The molecule has 0 aliphatic heterocycles. The molecule has 0 bridgehead atoms. The van der Waals surface area contributed by atoms with Crippen LogP contribution < -0.4 is 5.32 Å². The van der Waals surface area contributed by atoms with Crippen molar-refractivity contribution in [1.82, 2.24) is 5.32 Å². The summed E-state index contributed by atoms with van der Waals surface area (Å²) >= 11 is 1.52. The Morgan fingerprint density at radius 1 is 1.08 bits per heavy atom. The van der Waals surface area contributed by atoms with Crippen LogP contribution in [-0.4, -0.2) is 38.1 Å². The Kier molecular flexibility index (Phi) is 6.71. The molecule has 1 aromatic heterocycles. The van der Waals surface area contributed by atoms with Gasteiger partial charge in [-0.2, -0.15) is 0 Å². The third kappa shape index (κ3) is 4.90. The van der Waals surface area contributed by atoms with Gasteiger partial charge in [-0.25, -0.2) is 4.79 Å². The molecule has 7 heteroatoms. The van der Waals surface area contributed by atoms with Crippen molar-refractivity contribution in [1.29, 1.82) is 0 Å². The molecule has 25 heavy (non-hydrogen) atoms. The first kappa shape index (κ1) is 18.7. The van der Waals surface area contributed by atoms with Crippen LogP contribution in [0, 0.1) is 0 Å². The molecule has 0 fully saturated rings. The monoisotopic (exact) mass is 361 g/mol. The number of hydrogen-bond donors (Lipinski definition) is 1. The SMILES string of the molecule is COC(=O)CC[C@H](NC(=O)c1ccccc1-c1cccs1)C(=O)OC. The van der Waals surface area contributed by atoms with Crippen molar-refractivity contribution < 1.29 is 23.9 Å². The number of benzene rings is 1. The number of carbonyl (C=O) groups is 3. The van der Waals surface area contributed by atoms with Gasteiger partial charge in [0.05, 0.1) is 14.2 Å². The van der Waals surface area contributed by atoms with Gasteiger partial charge in [0.2, 0.25) is 0 Å². The quantitative estimate of drug-likeness (QED) is 0.767. The maximum absolute atomic E-state index is 12.7. The molecule has 132 valence electrons. The summed E-state index contributed by atoms with van der Waals surface area (Å²) in [5, 5.41) is 4.58. The van der Waals surface area contributed by atoms with Crippen molar-refractivity contribution in [2.75, 3.05) is 14.2 Å². The minimum atomic E-state index is -0.923. The number of esters is 2. The highest BCUT2D eigenvalue weighted by Gasteiger charge is 2.24. The van der Waals surface area contributed by atoms with Crippen LogP contribution in [-0.2, 0) is 19.1 Å². The number of hydrogen-bond acceptors (Lipinski definition) is 6. The number of carbonyl (C=O) groups excluding carboxylic acids is 3. The lowest BCUT2D eigenvalue weighted by Crippen LogP contribution is -2.42. The summed E-state index contributed by atoms with van der Waals surface area (Å²) in [4.78, 5) is 36.8. The molecule has 1 heterocycles. The van der Waals surface area contributed by atoms with Gasteiger partial charge >= 0.3 is 11.9 Å². The van der Waals surface area contributed by atoms with Gasteiger partial charge in [0.1, 0.15) is 6.04 Å². The van der Waals surface area contributed by atoms with Crippen molar-refractivity contribution >= 4 is 29.2 Å². The smallest absolute Gasteiger partial charge is 0.328 e. The third-order valence-corrected chi connectivity index (χ3v) is 4.52. The highest BCUT2D eigenvalue weighted by atomic mass is 32.1. The van der Waals surface area contributed by atoms with Crippen LogP contribution in [0.4, 0.5) is 0 Å². The number of rotatable bonds is 7. The number of thiophene rings is 1. The maximum atomic E-state index is 12.7. The Hall–Kier alpha value is -2.67.